The van der Waals surface area contributed by atoms with Gasteiger partial charge in [-0.3, -0.25) is 19.4 Å². The number of carbonyl (C=O) groups is 2. The van der Waals surface area contributed by atoms with Crippen LogP contribution in [-0.4, -0.2) is 69.7 Å². The lowest BCUT2D eigenvalue weighted by molar-refractivity contribution is -0.128. The van der Waals surface area contributed by atoms with Crippen molar-refractivity contribution in [3.8, 4) is 0 Å². The van der Waals surface area contributed by atoms with E-state index in [1.807, 2.05) is 0 Å². The van der Waals surface area contributed by atoms with Crippen LogP contribution in [0.4, 0.5) is 0 Å². The Balaban J connectivity index is 2.33. The molecule has 2 fully saturated rings. The first kappa shape index (κ1) is 26.9. The van der Waals surface area contributed by atoms with E-state index in [0.29, 0.717) is 0 Å². The molecule has 2 heterocycles. The number of rotatable bonds is 5. The summed E-state index contributed by atoms with van der Waals surface area (Å²) in [6, 6.07) is 0. The third kappa shape index (κ3) is 5.09. The summed E-state index contributed by atoms with van der Waals surface area (Å²) in [7, 11) is 4.23. The SMILES string of the molecule is CN1C(C)(C)CC(=CC(=O)C(N)(CN)C(=O)C=C2CC(C)(C)N(C)C(C)(C)C2)CC1(C)C. The first-order valence-electron chi connectivity index (χ1n) is 11.7. The second kappa shape index (κ2) is 8.46. The molecule has 2 aliphatic rings. The fourth-order valence-corrected chi connectivity index (χ4v) is 5.62. The van der Waals surface area contributed by atoms with Gasteiger partial charge in [0, 0.05) is 28.7 Å². The Morgan fingerprint density at radius 3 is 1.22 bits per heavy atom. The summed E-state index contributed by atoms with van der Waals surface area (Å²) in [4.78, 5) is 31.3. The van der Waals surface area contributed by atoms with Crippen LogP contribution in [0.1, 0.15) is 81.1 Å². The first-order valence-corrected chi connectivity index (χ1v) is 11.7. The molecule has 2 rings (SSSR count). The molecule has 2 aliphatic heterocycles. The summed E-state index contributed by atoms with van der Waals surface area (Å²) in [5, 5.41) is 0. The van der Waals surface area contributed by atoms with Crippen molar-refractivity contribution >= 4 is 11.6 Å². The molecular formula is C26H46N4O2. The van der Waals surface area contributed by atoms with Gasteiger partial charge in [0.15, 0.2) is 17.1 Å². The van der Waals surface area contributed by atoms with Crippen LogP contribution in [0.2, 0.25) is 0 Å². The van der Waals surface area contributed by atoms with Gasteiger partial charge in [-0.1, -0.05) is 11.1 Å². The Bertz CT molecular complexity index is 729. The molecule has 182 valence electrons. The van der Waals surface area contributed by atoms with Crippen molar-refractivity contribution in [2.24, 2.45) is 11.5 Å². The Hall–Kier alpha value is -1.34. The average molecular weight is 447 g/mol. The smallest absolute Gasteiger partial charge is 0.184 e. The van der Waals surface area contributed by atoms with Gasteiger partial charge < -0.3 is 11.5 Å². The number of piperidine rings is 2. The third-order valence-corrected chi connectivity index (χ3v) is 8.14. The van der Waals surface area contributed by atoms with Crippen LogP contribution in [-0.2, 0) is 9.59 Å². The van der Waals surface area contributed by atoms with E-state index in [0.717, 1.165) is 36.8 Å². The van der Waals surface area contributed by atoms with E-state index < -0.39 is 5.54 Å². The van der Waals surface area contributed by atoms with Gasteiger partial charge >= 0.3 is 0 Å². The summed E-state index contributed by atoms with van der Waals surface area (Å²) in [6.07, 6.45) is 6.21. The van der Waals surface area contributed by atoms with Crippen molar-refractivity contribution in [3.05, 3.63) is 23.3 Å². The molecule has 0 aliphatic carbocycles. The number of carbonyl (C=O) groups excluding carboxylic acids is 2. The zero-order chi connectivity index (χ0) is 24.9. The Morgan fingerprint density at radius 2 is 1.00 bits per heavy atom. The van der Waals surface area contributed by atoms with Gasteiger partial charge in [-0.25, -0.2) is 0 Å². The molecule has 0 spiro atoms. The van der Waals surface area contributed by atoms with Crippen molar-refractivity contribution in [1.29, 1.82) is 0 Å². The minimum atomic E-state index is -1.73. The summed E-state index contributed by atoms with van der Waals surface area (Å²) >= 11 is 0. The maximum absolute atomic E-state index is 13.3. The van der Waals surface area contributed by atoms with Crippen LogP contribution in [0.15, 0.2) is 23.3 Å². The van der Waals surface area contributed by atoms with Crippen LogP contribution in [0.5, 0.6) is 0 Å². The predicted octanol–water partition coefficient (Wildman–Crippen LogP) is 3.20. The number of hydrogen-bond donors (Lipinski definition) is 2. The molecule has 0 bridgehead atoms. The first-order chi connectivity index (χ1) is 14.3. The van der Waals surface area contributed by atoms with Gasteiger partial charge in [0.1, 0.15) is 0 Å². The van der Waals surface area contributed by atoms with Gasteiger partial charge in [-0.05, 0) is 107 Å². The standard InChI is InChI=1S/C26H46N4O2/c1-22(2)13-18(14-23(3,4)29(22)9)11-20(31)26(28,17-27)21(32)12-19-15-24(5,6)30(10)25(7,8)16-19/h11-12H,13-17,27-28H2,1-10H3. The van der Waals surface area contributed by atoms with E-state index in [1.54, 1.807) is 12.2 Å². The van der Waals surface area contributed by atoms with Crippen molar-refractivity contribution in [3.63, 3.8) is 0 Å². The van der Waals surface area contributed by atoms with Crippen LogP contribution < -0.4 is 11.5 Å². The fraction of sp³-hybridized carbons (Fsp3) is 0.769. The molecule has 0 aromatic rings. The molecule has 32 heavy (non-hydrogen) atoms. The molecule has 4 N–H and O–H groups in total. The second-order valence-corrected chi connectivity index (χ2v) is 12.6. The lowest BCUT2D eigenvalue weighted by atomic mass is 9.75. The van der Waals surface area contributed by atoms with Crippen molar-refractivity contribution in [2.45, 2.75) is 109 Å². The Morgan fingerprint density at radius 1 is 0.750 bits per heavy atom. The zero-order valence-electron chi connectivity index (χ0n) is 22.1. The van der Waals surface area contributed by atoms with E-state index in [9.17, 15) is 9.59 Å². The molecule has 0 atom stereocenters. The number of nitrogens with two attached hydrogens (primary N) is 2. The number of ketones is 2. The Labute approximate surface area is 195 Å². The molecule has 6 nitrogen and oxygen atoms in total. The van der Waals surface area contributed by atoms with E-state index in [1.165, 1.54) is 0 Å². The molecule has 2 saturated heterocycles. The van der Waals surface area contributed by atoms with E-state index in [-0.39, 0.29) is 40.3 Å². The lowest BCUT2D eigenvalue weighted by Gasteiger charge is -2.52. The lowest BCUT2D eigenvalue weighted by Crippen LogP contribution is -2.60. The number of likely N-dealkylation sites (tertiary alicyclic amines) is 2. The summed E-state index contributed by atoms with van der Waals surface area (Å²) in [5.41, 5.74) is 12.3. The monoisotopic (exact) mass is 446 g/mol. The highest BCUT2D eigenvalue weighted by atomic mass is 16.2. The number of nitrogens with zero attached hydrogens (tertiary/aromatic N) is 2. The van der Waals surface area contributed by atoms with Crippen molar-refractivity contribution in [1.82, 2.24) is 9.80 Å². The van der Waals surface area contributed by atoms with Crippen LogP contribution >= 0.6 is 0 Å². The van der Waals surface area contributed by atoms with Gasteiger partial charge in [0.25, 0.3) is 0 Å². The maximum atomic E-state index is 13.3. The van der Waals surface area contributed by atoms with Crippen LogP contribution in [0.3, 0.4) is 0 Å². The molecule has 0 aromatic heterocycles. The highest BCUT2D eigenvalue weighted by Gasteiger charge is 2.44. The second-order valence-electron chi connectivity index (χ2n) is 12.6. The molecule has 0 saturated carbocycles. The highest BCUT2D eigenvalue weighted by Crippen LogP contribution is 2.41. The summed E-state index contributed by atoms with van der Waals surface area (Å²) < 4.78 is 0. The zero-order valence-corrected chi connectivity index (χ0v) is 22.1. The molecular weight excluding hydrogens is 400 g/mol. The van der Waals surface area contributed by atoms with Gasteiger partial charge in [-0.2, -0.15) is 0 Å². The molecule has 0 unspecified atom stereocenters. The third-order valence-electron chi connectivity index (χ3n) is 8.14. The van der Waals surface area contributed by atoms with Crippen molar-refractivity contribution in [2.75, 3.05) is 20.6 Å². The highest BCUT2D eigenvalue weighted by molar-refractivity contribution is 6.20. The average Bonchev–Trinajstić information content (AvgIpc) is 2.62. The topological polar surface area (TPSA) is 92.7 Å². The largest absolute Gasteiger partial charge is 0.328 e. The van der Waals surface area contributed by atoms with Crippen LogP contribution in [0, 0.1) is 0 Å². The van der Waals surface area contributed by atoms with E-state index in [4.69, 9.17) is 11.5 Å². The minimum Gasteiger partial charge on any atom is -0.328 e. The van der Waals surface area contributed by atoms with E-state index >= 15 is 0 Å². The number of hydrogen-bond acceptors (Lipinski definition) is 6. The Kier molecular flexibility index (Phi) is 7.11. The maximum Gasteiger partial charge on any atom is 0.184 e. The van der Waals surface area contributed by atoms with Gasteiger partial charge in [0.05, 0.1) is 0 Å². The van der Waals surface area contributed by atoms with Gasteiger partial charge in [-0.15, -0.1) is 0 Å². The predicted molar refractivity (Wildman–Crippen MR) is 132 cm³/mol. The normalized spacial score (nSPS) is 25.4. The molecule has 6 heteroatoms. The van der Waals surface area contributed by atoms with E-state index in [2.05, 4.69) is 79.3 Å². The fourth-order valence-electron chi connectivity index (χ4n) is 5.62. The quantitative estimate of drug-likeness (QED) is 0.498. The summed E-state index contributed by atoms with van der Waals surface area (Å²) in [6.45, 7) is 17.2. The molecule has 0 radical (unpaired) electrons. The summed E-state index contributed by atoms with van der Waals surface area (Å²) in [5.74, 6) is -0.779. The van der Waals surface area contributed by atoms with Crippen LogP contribution in [0.25, 0.3) is 0 Å². The van der Waals surface area contributed by atoms with Gasteiger partial charge in [0.2, 0.25) is 0 Å². The van der Waals surface area contributed by atoms with Crippen molar-refractivity contribution < 1.29 is 9.59 Å². The molecule has 0 amide bonds. The molecule has 0 aromatic carbocycles. The minimum absolute atomic E-state index is 0.0922.